The SMILES string of the molecule is Br.Cc1cc[nH]c1. The van der Waals surface area contributed by atoms with Gasteiger partial charge < -0.3 is 4.98 Å². The molecule has 1 rings (SSSR count). The summed E-state index contributed by atoms with van der Waals surface area (Å²) in [5.74, 6) is 0. The van der Waals surface area contributed by atoms with Crippen molar-refractivity contribution in [2.45, 2.75) is 6.92 Å². The second-order valence-electron chi connectivity index (χ2n) is 1.39. The first-order chi connectivity index (χ1) is 2.89. The van der Waals surface area contributed by atoms with E-state index in [1.54, 1.807) is 0 Å². The van der Waals surface area contributed by atoms with Crippen LogP contribution in [0.2, 0.25) is 0 Å². The first-order valence-electron chi connectivity index (χ1n) is 1.99. The number of aromatic nitrogens is 1. The van der Waals surface area contributed by atoms with Crippen molar-refractivity contribution in [3.8, 4) is 0 Å². The van der Waals surface area contributed by atoms with Gasteiger partial charge in [0.15, 0.2) is 0 Å². The molecule has 0 radical (unpaired) electrons. The lowest BCUT2D eigenvalue weighted by Gasteiger charge is -1.65. The third kappa shape index (κ3) is 1.78. The lowest BCUT2D eigenvalue weighted by atomic mass is 10.4. The number of hydrogen-bond donors (Lipinski definition) is 1. The fourth-order valence-corrected chi connectivity index (χ4v) is 0.407. The average molecular weight is 162 g/mol. The standard InChI is InChI=1S/C5H7N.BrH/c1-5-2-3-6-4-5;/h2-4,6H,1H3;1H. The van der Waals surface area contributed by atoms with Crippen LogP contribution in [-0.2, 0) is 0 Å². The Kier molecular flexibility index (Phi) is 2.76. The van der Waals surface area contributed by atoms with Gasteiger partial charge in [-0.1, -0.05) is 0 Å². The summed E-state index contributed by atoms with van der Waals surface area (Å²) in [5, 5.41) is 0. The summed E-state index contributed by atoms with van der Waals surface area (Å²) < 4.78 is 0. The van der Waals surface area contributed by atoms with Crippen molar-refractivity contribution in [1.82, 2.24) is 4.98 Å². The Balaban J connectivity index is 0.000000360. The van der Waals surface area contributed by atoms with Gasteiger partial charge in [-0.3, -0.25) is 0 Å². The van der Waals surface area contributed by atoms with E-state index in [2.05, 4.69) is 11.9 Å². The Labute approximate surface area is 53.5 Å². The second-order valence-corrected chi connectivity index (χ2v) is 1.39. The fourth-order valence-electron chi connectivity index (χ4n) is 0.407. The van der Waals surface area contributed by atoms with E-state index in [0.717, 1.165) is 0 Å². The molecule has 0 fully saturated rings. The maximum atomic E-state index is 2.93. The van der Waals surface area contributed by atoms with Crippen LogP contribution in [0.5, 0.6) is 0 Å². The van der Waals surface area contributed by atoms with Crippen LogP contribution >= 0.6 is 17.0 Å². The highest BCUT2D eigenvalue weighted by molar-refractivity contribution is 8.93. The minimum Gasteiger partial charge on any atom is -0.367 e. The predicted molar refractivity (Wildman–Crippen MR) is 35.9 cm³/mol. The Morgan fingerprint density at radius 3 is 2.43 bits per heavy atom. The van der Waals surface area contributed by atoms with E-state index >= 15 is 0 Å². The highest BCUT2D eigenvalue weighted by Crippen LogP contribution is 1.88. The van der Waals surface area contributed by atoms with Crippen LogP contribution in [0.3, 0.4) is 0 Å². The Bertz CT molecular complexity index is 112. The van der Waals surface area contributed by atoms with Gasteiger partial charge >= 0.3 is 0 Å². The van der Waals surface area contributed by atoms with E-state index in [1.165, 1.54) is 5.56 Å². The molecule has 0 saturated heterocycles. The monoisotopic (exact) mass is 161 g/mol. The lowest BCUT2D eigenvalue weighted by molar-refractivity contribution is 1.39. The van der Waals surface area contributed by atoms with E-state index in [0.29, 0.717) is 0 Å². The maximum absolute atomic E-state index is 2.93. The van der Waals surface area contributed by atoms with Crippen molar-refractivity contribution >= 4 is 17.0 Å². The minimum atomic E-state index is 0. The molecule has 0 amide bonds. The van der Waals surface area contributed by atoms with E-state index < -0.39 is 0 Å². The van der Waals surface area contributed by atoms with Gasteiger partial charge in [0.05, 0.1) is 0 Å². The van der Waals surface area contributed by atoms with E-state index in [1.807, 2.05) is 18.5 Å². The van der Waals surface area contributed by atoms with E-state index in [9.17, 15) is 0 Å². The molecule has 1 nitrogen and oxygen atoms in total. The molecule has 0 atom stereocenters. The molecule has 1 heterocycles. The fraction of sp³-hybridized carbons (Fsp3) is 0.200. The molecule has 1 aromatic heterocycles. The van der Waals surface area contributed by atoms with Crippen molar-refractivity contribution in [2.24, 2.45) is 0 Å². The number of nitrogens with one attached hydrogen (secondary N) is 1. The average Bonchev–Trinajstić information content (AvgIpc) is 1.86. The van der Waals surface area contributed by atoms with E-state index in [4.69, 9.17) is 0 Å². The van der Waals surface area contributed by atoms with Crippen LogP contribution in [0.25, 0.3) is 0 Å². The van der Waals surface area contributed by atoms with Crippen LogP contribution in [0.4, 0.5) is 0 Å². The van der Waals surface area contributed by atoms with Crippen molar-refractivity contribution in [2.75, 3.05) is 0 Å². The molecule has 40 valence electrons. The molecule has 0 aromatic carbocycles. The van der Waals surface area contributed by atoms with Gasteiger partial charge in [-0.2, -0.15) is 0 Å². The summed E-state index contributed by atoms with van der Waals surface area (Å²) >= 11 is 0. The van der Waals surface area contributed by atoms with Gasteiger partial charge in [-0.05, 0) is 18.6 Å². The smallest absolute Gasteiger partial charge is 0.00345 e. The van der Waals surface area contributed by atoms with Crippen molar-refractivity contribution < 1.29 is 0 Å². The number of H-pyrrole nitrogens is 1. The highest BCUT2D eigenvalue weighted by Gasteiger charge is 1.73. The molecule has 7 heavy (non-hydrogen) atoms. The zero-order valence-corrected chi connectivity index (χ0v) is 5.85. The van der Waals surface area contributed by atoms with Crippen LogP contribution < -0.4 is 0 Å². The molecule has 0 unspecified atom stereocenters. The second kappa shape index (κ2) is 2.86. The van der Waals surface area contributed by atoms with Crippen molar-refractivity contribution in [1.29, 1.82) is 0 Å². The first kappa shape index (κ1) is 6.76. The molecule has 0 bridgehead atoms. The number of hydrogen-bond acceptors (Lipinski definition) is 0. The quantitative estimate of drug-likeness (QED) is 0.599. The minimum absolute atomic E-state index is 0. The molecule has 0 aliphatic heterocycles. The summed E-state index contributed by atoms with van der Waals surface area (Å²) in [4.78, 5) is 2.93. The molecule has 1 aromatic rings. The van der Waals surface area contributed by atoms with Gasteiger partial charge in [0.1, 0.15) is 0 Å². The summed E-state index contributed by atoms with van der Waals surface area (Å²) in [7, 11) is 0. The predicted octanol–water partition coefficient (Wildman–Crippen LogP) is 1.90. The molecular weight excluding hydrogens is 154 g/mol. The number of rotatable bonds is 0. The molecular formula is C5H8BrN. The van der Waals surface area contributed by atoms with Gasteiger partial charge in [0, 0.05) is 12.4 Å². The van der Waals surface area contributed by atoms with Crippen molar-refractivity contribution in [3.05, 3.63) is 24.0 Å². The highest BCUT2D eigenvalue weighted by atomic mass is 79.9. The van der Waals surface area contributed by atoms with Crippen LogP contribution in [0, 0.1) is 6.92 Å². The molecule has 0 aliphatic rings. The molecule has 1 N–H and O–H groups in total. The van der Waals surface area contributed by atoms with Crippen LogP contribution in [0.1, 0.15) is 5.56 Å². The largest absolute Gasteiger partial charge is 0.367 e. The summed E-state index contributed by atoms with van der Waals surface area (Å²) in [6.45, 7) is 2.05. The zero-order valence-electron chi connectivity index (χ0n) is 4.14. The Morgan fingerprint density at radius 2 is 2.29 bits per heavy atom. The Hall–Kier alpha value is -0.240. The van der Waals surface area contributed by atoms with Crippen LogP contribution in [0.15, 0.2) is 18.5 Å². The molecule has 0 aliphatic carbocycles. The summed E-state index contributed by atoms with van der Waals surface area (Å²) in [6.07, 6.45) is 3.87. The molecule has 0 saturated carbocycles. The topological polar surface area (TPSA) is 15.8 Å². The summed E-state index contributed by atoms with van der Waals surface area (Å²) in [6, 6.07) is 2.03. The van der Waals surface area contributed by atoms with Crippen molar-refractivity contribution in [3.63, 3.8) is 0 Å². The number of aromatic amines is 1. The van der Waals surface area contributed by atoms with Gasteiger partial charge in [0.25, 0.3) is 0 Å². The van der Waals surface area contributed by atoms with E-state index in [-0.39, 0.29) is 17.0 Å². The molecule has 2 heteroatoms. The zero-order chi connectivity index (χ0) is 4.41. The first-order valence-corrected chi connectivity index (χ1v) is 1.99. The third-order valence-electron chi connectivity index (χ3n) is 0.753. The number of aryl methyl sites for hydroxylation is 1. The Morgan fingerprint density at radius 1 is 1.57 bits per heavy atom. The maximum Gasteiger partial charge on any atom is 0.00345 e. The lowest BCUT2D eigenvalue weighted by Crippen LogP contribution is -1.50. The van der Waals surface area contributed by atoms with Gasteiger partial charge in [0.2, 0.25) is 0 Å². The van der Waals surface area contributed by atoms with Crippen LogP contribution in [-0.4, -0.2) is 4.98 Å². The molecule has 0 spiro atoms. The van der Waals surface area contributed by atoms with Gasteiger partial charge in [-0.15, -0.1) is 17.0 Å². The number of halogens is 1. The summed E-state index contributed by atoms with van der Waals surface area (Å²) in [5.41, 5.74) is 1.29. The van der Waals surface area contributed by atoms with Gasteiger partial charge in [-0.25, -0.2) is 0 Å². The normalized spacial score (nSPS) is 7.57. The third-order valence-corrected chi connectivity index (χ3v) is 0.753.